The largest absolute Gasteiger partial charge is 0.310 e. The van der Waals surface area contributed by atoms with E-state index in [2.05, 4.69) is 217 Å². The Hall–Kier alpha value is -6.64. The lowest BCUT2D eigenvalue weighted by Crippen LogP contribution is -2.16. The lowest BCUT2D eigenvalue weighted by Gasteiger charge is -2.28. The van der Waals surface area contributed by atoms with E-state index >= 15 is 0 Å². The molecular formula is C51H40N2. The highest BCUT2D eigenvalue weighted by Crippen LogP contribution is 2.50. The second kappa shape index (κ2) is 12.3. The van der Waals surface area contributed by atoms with Gasteiger partial charge in [0.1, 0.15) is 0 Å². The predicted octanol–water partition coefficient (Wildman–Crippen LogP) is 14.1. The molecular weight excluding hydrogens is 641 g/mol. The fourth-order valence-corrected chi connectivity index (χ4v) is 8.52. The Labute approximate surface area is 312 Å². The van der Waals surface area contributed by atoms with Crippen LogP contribution in [0.4, 0.5) is 17.1 Å². The molecule has 2 nitrogen and oxygen atoms in total. The van der Waals surface area contributed by atoms with Crippen molar-refractivity contribution in [3.05, 3.63) is 205 Å². The van der Waals surface area contributed by atoms with Crippen molar-refractivity contribution in [2.24, 2.45) is 0 Å². The fraction of sp³-hybridized carbons (Fsp3) is 0.0588. The smallest absolute Gasteiger partial charge is 0.0541 e. The van der Waals surface area contributed by atoms with Gasteiger partial charge in [-0.15, -0.1) is 0 Å². The molecule has 1 aliphatic carbocycles. The normalized spacial score (nSPS) is 12.9. The maximum atomic E-state index is 2.41. The predicted molar refractivity (Wildman–Crippen MR) is 226 cm³/mol. The molecule has 0 saturated carbocycles. The zero-order chi connectivity index (χ0) is 35.5. The molecule has 0 radical (unpaired) electrons. The van der Waals surface area contributed by atoms with Crippen molar-refractivity contribution in [1.82, 2.24) is 4.57 Å². The summed E-state index contributed by atoms with van der Waals surface area (Å²) in [6, 6.07) is 70.8. The van der Waals surface area contributed by atoms with Gasteiger partial charge in [0.15, 0.2) is 0 Å². The van der Waals surface area contributed by atoms with Crippen LogP contribution in [0.15, 0.2) is 194 Å². The van der Waals surface area contributed by atoms with Crippen molar-refractivity contribution in [1.29, 1.82) is 0 Å². The molecule has 53 heavy (non-hydrogen) atoms. The molecule has 0 N–H and O–H groups in total. The molecule has 1 heterocycles. The van der Waals surface area contributed by atoms with Gasteiger partial charge in [0.25, 0.3) is 0 Å². The fourth-order valence-electron chi connectivity index (χ4n) is 8.52. The molecule has 0 aliphatic heterocycles. The van der Waals surface area contributed by atoms with Gasteiger partial charge in [-0.3, -0.25) is 0 Å². The summed E-state index contributed by atoms with van der Waals surface area (Å²) in [7, 11) is 0. The summed E-state index contributed by atoms with van der Waals surface area (Å²) in [4.78, 5) is 2.40. The molecule has 0 amide bonds. The first kappa shape index (κ1) is 31.1. The van der Waals surface area contributed by atoms with Gasteiger partial charge in [-0.2, -0.15) is 0 Å². The maximum Gasteiger partial charge on any atom is 0.0541 e. The molecule has 0 unspecified atom stereocenters. The van der Waals surface area contributed by atoms with Crippen LogP contribution in [0.5, 0.6) is 0 Å². The standard InChI is InChI=1S/C51H38N2.H2/c1-51(2)47-19-11-9-17-43(47)44-31-30-42(34-48(44)51)52(40-26-21-36(22-27-40)35-13-5-3-6-14-35)41-28-23-37(24-29-41)38-25-32-50-46(33-38)45-18-10-12-20-49(45)53(50)39-15-7-4-8-16-39;/h3-34H,1-2H3;1H/i;1+2. The number of para-hydroxylation sites is 2. The van der Waals surface area contributed by atoms with Crippen LogP contribution in [0.2, 0.25) is 0 Å². The van der Waals surface area contributed by atoms with E-state index in [1.165, 1.54) is 72.0 Å². The van der Waals surface area contributed by atoms with E-state index in [1.807, 2.05) is 0 Å². The summed E-state index contributed by atoms with van der Waals surface area (Å²) in [5.41, 5.74) is 17.2. The molecule has 1 aromatic heterocycles. The Morgan fingerprint density at radius 1 is 0.396 bits per heavy atom. The number of benzene rings is 8. The molecule has 0 fully saturated rings. The minimum atomic E-state index is -0.0864. The molecule has 9 aromatic rings. The number of nitrogens with zero attached hydrogens (tertiary/aromatic N) is 2. The summed E-state index contributed by atoms with van der Waals surface area (Å²) >= 11 is 0. The van der Waals surface area contributed by atoms with Gasteiger partial charge >= 0.3 is 0 Å². The SMILES string of the molecule is CC1(C)c2ccccc2-c2ccc(N(c3ccc(-c4ccccc4)cc3)c3ccc(-c4ccc5c(c4)c4ccccc4n5-c4ccccc4)cc3)cc21.[3HH]. The van der Waals surface area contributed by atoms with Gasteiger partial charge in [0, 0.05) is 40.4 Å². The first-order valence-electron chi connectivity index (χ1n) is 18.4. The van der Waals surface area contributed by atoms with Crippen LogP contribution in [0.25, 0.3) is 60.9 Å². The van der Waals surface area contributed by atoms with Crippen molar-refractivity contribution < 1.29 is 1.43 Å². The average Bonchev–Trinajstić information content (AvgIpc) is 3.67. The maximum absolute atomic E-state index is 2.41. The van der Waals surface area contributed by atoms with Gasteiger partial charge in [-0.1, -0.05) is 141 Å². The molecule has 8 aromatic carbocycles. The van der Waals surface area contributed by atoms with Crippen LogP contribution in [-0.2, 0) is 5.41 Å². The summed E-state index contributed by atoms with van der Waals surface area (Å²) in [5, 5.41) is 2.52. The zero-order valence-corrected chi connectivity index (χ0v) is 29.9. The van der Waals surface area contributed by atoms with Gasteiger partial charge in [0.2, 0.25) is 0 Å². The Balaban J connectivity index is 0.00000384. The van der Waals surface area contributed by atoms with Crippen LogP contribution < -0.4 is 4.90 Å². The highest BCUT2D eigenvalue weighted by atomic mass is 15.1. The molecule has 0 bridgehead atoms. The van der Waals surface area contributed by atoms with Crippen molar-refractivity contribution in [2.45, 2.75) is 19.3 Å². The molecule has 0 saturated heterocycles. The van der Waals surface area contributed by atoms with Gasteiger partial charge in [0.05, 0.1) is 11.0 Å². The first-order chi connectivity index (χ1) is 26.0. The van der Waals surface area contributed by atoms with E-state index in [0.717, 1.165) is 17.1 Å². The number of hydrogen-bond donors (Lipinski definition) is 0. The Kier molecular flexibility index (Phi) is 7.19. The second-order valence-corrected chi connectivity index (χ2v) is 14.6. The van der Waals surface area contributed by atoms with Crippen molar-refractivity contribution in [3.63, 3.8) is 0 Å². The van der Waals surface area contributed by atoms with Crippen LogP contribution >= 0.6 is 0 Å². The summed E-state index contributed by atoms with van der Waals surface area (Å²) in [6.07, 6.45) is 0. The molecule has 0 spiro atoms. The lowest BCUT2D eigenvalue weighted by molar-refractivity contribution is 0.660. The van der Waals surface area contributed by atoms with E-state index in [1.54, 1.807) is 0 Å². The third kappa shape index (κ3) is 5.10. The third-order valence-electron chi connectivity index (χ3n) is 11.2. The Morgan fingerprint density at radius 2 is 0.925 bits per heavy atom. The first-order valence-corrected chi connectivity index (χ1v) is 18.4. The van der Waals surface area contributed by atoms with E-state index in [-0.39, 0.29) is 6.84 Å². The number of anilines is 3. The minimum Gasteiger partial charge on any atom is -0.310 e. The molecule has 1 aliphatic rings. The second-order valence-electron chi connectivity index (χ2n) is 14.6. The Morgan fingerprint density at radius 3 is 1.66 bits per heavy atom. The zero-order valence-electron chi connectivity index (χ0n) is 29.9. The molecule has 0 atom stereocenters. The lowest BCUT2D eigenvalue weighted by atomic mass is 9.82. The highest BCUT2D eigenvalue weighted by Gasteiger charge is 2.35. The number of hydrogen-bond acceptors (Lipinski definition) is 1. The van der Waals surface area contributed by atoms with Gasteiger partial charge in [-0.25, -0.2) is 0 Å². The summed E-state index contributed by atoms with van der Waals surface area (Å²) in [6.45, 7) is 4.70. The number of rotatable bonds is 6. The Bertz CT molecular complexity index is 2780. The van der Waals surface area contributed by atoms with Crippen LogP contribution in [-0.4, -0.2) is 4.57 Å². The molecule has 2 heteroatoms. The monoisotopic (exact) mass is 682 g/mol. The molecule has 254 valence electrons. The van der Waals surface area contributed by atoms with Crippen molar-refractivity contribution in [3.8, 4) is 39.1 Å². The van der Waals surface area contributed by atoms with Crippen molar-refractivity contribution >= 4 is 38.9 Å². The van der Waals surface area contributed by atoms with Gasteiger partial charge < -0.3 is 9.47 Å². The van der Waals surface area contributed by atoms with Crippen LogP contribution in [0, 0.1) is 0 Å². The summed E-state index contributed by atoms with van der Waals surface area (Å²) in [5.74, 6) is 0. The van der Waals surface area contributed by atoms with Gasteiger partial charge in [-0.05, 0) is 111 Å². The third-order valence-corrected chi connectivity index (χ3v) is 11.2. The van der Waals surface area contributed by atoms with E-state index < -0.39 is 0 Å². The van der Waals surface area contributed by atoms with Crippen LogP contribution in [0.1, 0.15) is 26.4 Å². The quantitative estimate of drug-likeness (QED) is 0.169. The number of fused-ring (bicyclic) bond motifs is 6. The molecule has 10 rings (SSSR count). The highest BCUT2D eigenvalue weighted by molar-refractivity contribution is 6.10. The average molecular weight is 683 g/mol. The van der Waals surface area contributed by atoms with Crippen molar-refractivity contribution in [2.75, 3.05) is 4.90 Å². The van der Waals surface area contributed by atoms with E-state index in [4.69, 9.17) is 0 Å². The topological polar surface area (TPSA) is 8.17 Å². The summed E-state index contributed by atoms with van der Waals surface area (Å²) < 4.78 is 2.37. The minimum absolute atomic E-state index is 0. The van der Waals surface area contributed by atoms with E-state index in [0.29, 0.717) is 0 Å². The van der Waals surface area contributed by atoms with Crippen LogP contribution in [0.3, 0.4) is 0 Å². The van der Waals surface area contributed by atoms with E-state index in [9.17, 15) is 0 Å². The number of aromatic nitrogens is 1.